The topological polar surface area (TPSA) is 71.8 Å². The van der Waals surface area contributed by atoms with Gasteiger partial charge >= 0.3 is 0 Å². The number of likely N-dealkylation sites (tertiary alicyclic amines) is 1. The maximum Gasteiger partial charge on any atom is 0.233 e. The van der Waals surface area contributed by atoms with Gasteiger partial charge in [0.15, 0.2) is 0 Å². The Hall–Kier alpha value is -2.34. The van der Waals surface area contributed by atoms with Gasteiger partial charge in [0.1, 0.15) is 11.3 Å². The molecule has 0 radical (unpaired) electrons. The summed E-state index contributed by atoms with van der Waals surface area (Å²) in [6.07, 6.45) is 0.736. The zero-order valence-corrected chi connectivity index (χ0v) is 15.2. The van der Waals surface area contributed by atoms with Crippen LogP contribution in [0.25, 0.3) is 11.0 Å². The zero-order valence-electron chi connectivity index (χ0n) is 15.2. The number of furan rings is 1. The number of fused-ring (bicyclic) bond motifs is 2. The highest BCUT2D eigenvalue weighted by Crippen LogP contribution is 2.36. The van der Waals surface area contributed by atoms with Gasteiger partial charge in [-0.25, -0.2) is 0 Å². The van der Waals surface area contributed by atoms with Crippen molar-refractivity contribution >= 4 is 22.8 Å². The maximum atomic E-state index is 13.1. The summed E-state index contributed by atoms with van der Waals surface area (Å²) in [5.41, 5.74) is 0.424. The van der Waals surface area contributed by atoms with Gasteiger partial charge in [-0.05, 0) is 25.5 Å². The number of hydrogen-bond donors (Lipinski definition) is 1. The van der Waals surface area contributed by atoms with Crippen LogP contribution in [-0.2, 0) is 14.3 Å². The highest BCUT2D eigenvalue weighted by molar-refractivity contribution is 5.86. The van der Waals surface area contributed by atoms with Crippen molar-refractivity contribution in [3.05, 3.63) is 36.1 Å². The fraction of sp³-hybridized carbons (Fsp3) is 0.500. The van der Waals surface area contributed by atoms with Crippen molar-refractivity contribution < 1.29 is 18.7 Å². The monoisotopic (exact) mass is 356 g/mol. The fourth-order valence-corrected chi connectivity index (χ4v) is 4.28. The second-order valence-corrected chi connectivity index (χ2v) is 7.49. The first-order valence-electron chi connectivity index (χ1n) is 9.12. The molecule has 1 unspecified atom stereocenters. The van der Waals surface area contributed by atoms with Crippen LogP contribution in [0.15, 0.2) is 34.7 Å². The molecule has 0 aliphatic carbocycles. The predicted molar refractivity (Wildman–Crippen MR) is 96.7 cm³/mol. The molecule has 1 aromatic carbocycles. The van der Waals surface area contributed by atoms with E-state index >= 15 is 0 Å². The summed E-state index contributed by atoms with van der Waals surface area (Å²) in [5, 5.41) is 4.11. The van der Waals surface area contributed by atoms with E-state index in [-0.39, 0.29) is 29.2 Å². The number of nitrogens with one attached hydrogen (secondary N) is 1. The fourth-order valence-electron chi connectivity index (χ4n) is 4.28. The molecule has 26 heavy (non-hydrogen) atoms. The van der Waals surface area contributed by atoms with E-state index in [2.05, 4.69) is 5.32 Å². The molecule has 2 aliphatic heterocycles. The number of para-hydroxylation sites is 1. The van der Waals surface area contributed by atoms with Gasteiger partial charge < -0.3 is 19.4 Å². The van der Waals surface area contributed by atoms with Crippen LogP contribution in [-0.4, -0.2) is 48.6 Å². The highest BCUT2D eigenvalue weighted by Gasteiger charge is 2.50. The van der Waals surface area contributed by atoms with Crippen LogP contribution < -0.4 is 5.32 Å². The van der Waals surface area contributed by atoms with Crippen LogP contribution in [0.4, 0.5) is 0 Å². The molecule has 1 aromatic heterocycles. The third-order valence-electron chi connectivity index (χ3n) is 5.69. The van der Waals surface area contributed by atoms with E-state index < -0.39 is 0 Å². The second-order valence-electron chi connectivity index (χ2n) is 7.49. The lowest BCUT2D eigenvalue weighted by molar-refractivity contribution is -0.132. The van der Waals surface area contributed by atoms with Crippen LogP contribution in [0.1, 0.15) is 31.9 Å². The van der Waals surface area contributed by atoms with E-state index in [4.69, 9.17) is 9.15 Å². The summed E-state index contributed by atoms with van der Waals surface area (Å²) in [6, 6.07) is 9.70. The maximum absolute atomic E-state index is 13.1. The molecule has 1 N–H and O–H groups in total. The van der Waals surface area contributed by atoms with Gasteiger partial charge in [-0.15, -0.1) is 0 Å². The zero-order chi connectivity index (χ0) is 18.3. The van der Waals surface area contributed by atoms with Crippen LogP contribution in [0, 0.1) is 5.92 Å². The highest BCUT2D eigenvalue weighted by atomic mass is 16.5. The van der Waals surface area contributed by atoms with Crippen LogP contribution in [0.3, 0.4) is 0 Å². The average Bonchev–Trinajstić information content (AvgIpc) is 3.21. The Morgan fingerprint density at radius 2 is 2.15 bits per heavy atom. The van der Waals surface area contributed by atoms with E-state index in [1.807, 2.05) is 42.2 Å². The van der Waals surface area contributed by atoms with Crippen molar-refractivity contribution in [3.8, 4) is 0 Å². The van der Waals surface area contributed by atoms with E-state index in [1.165, 1.54) is 6.92 Å². The average molecular weight is 356 g/mol. The van der Waals surface area contributed by atoms with Crippen molar-refractivity contribution in [2.24, 2.45) is 5.92 Å². The first-order valence-corrected chi connectivity index (χ1v) is 9.12. The summed E-state index contributed by atoms with van der Waals surface area (Å²) >= 11 is 0. The van der Waals surface area contributed by atoms with Gasteiger partial charge in [0, 0.05) is 37.9 Å². The summed E-state index contributed by atoms with van der Waals surface area (Å²) in [6.45, 7) is 5.72. The lowest BCUT2D eigenvalue weighted by Gasteiger charge is -2.38. The van der Waals surface area contributed by atoms with E-state index in [0.717, 1.165) is 17.4 Å². The molecule has 2 fully saturated rings. The molecule has 6 nitrogen and oxygen atoms in total. The Balaban J connectivity index is 1.55. The van der Waals surface area contributed by atoms with E-state index in [1.54, 1.807) is 0 Å². The molecule has 2 saturated heterocycles. The minimum absolute atomic E-state index is 0.0307. The first kappa shape index (κ1) is 17.1. The lowest BCUT2D eigenvalue weighted by atomic mass is 9.83. The Bertz CT molecular complexity index is 812. The molecule has 3 heterocycles. The number of carbonyl (C=O) groups is 2. The number of amides is 2. The molecule has 2 amide bonds. The summed E-state index contributed by atoms with van der Waals surface area (Å²) in [5.74, 6) is 0.417. The van der Waals surface area contributed by atoms with E-state index in [9.17, 15) is 9.59 Å². The lowest BCUT2D eigenvalue weighted by Crippen LogP contribution is -2.57. The normalized spacial score (nSPS) is 26.5. The Morgan fingerprint density at radius 1 is 1.35 bits per heavy atom. The Labute approximate surface area is 152 Å². The van der Waals surface area contributed by atoms with Gasteiger partial charge in [-0.1, -0.05) is 18.2 Å². The molecule has 4 rings (SSSR count). The molecule has 6 heteroatoms. The van der Waals surface area contributed by atoms with Crippen LogP contribution in [0.2, 0.25) is 0 Å². The number of nitrogens with zero attached hydrogens (tertiary/aromatic N) is 1. The number of benzene rings is 1. The third kappa shape index (κ3) is 2.88. The summed E-state index contributed by atoms with van der Waals surface area (Å²) < 4.78 is 11.5. The molecule has 0 spiro atoms. The van der Waals surface area contributed by atoms with Gasteiger partial charge in [-0.3, -0.25) is 9.59 Å². The predicted octanol–water partition coefficient (Wildman–Crippen LogP) is 2.29. The quantitative estimate of drug-likeness (QED) is 0.916. The molecule has 0 bridgehead atoms. The number of ether oxygens (including phenoxy) is 1. The van der Waals surface area contributed by atoms with Gasteiger partial charge in [0.05, 0.1) is 18.1 Å². The van der Waals surface area contributed by atoms with Crippen molar-refractivity contribution in [1.82, 2.24) is 10.2 Å². The van der Waals surface area contributed by atoms with Crippen molar-refractivity contribution in [3.63, 3.8) is 0 Å². The van der Waals surface area contributed by atoms with Gasteiger partial charge in [0.25, 0.3) is 0 Å². The largest absolute Gasteiger partial charge is 0.460 e. The Kier molecular flexibility index (Phi) is 4.23. The second kappa shape index (κ2) is 6.43. The van der Waals surface area contributed by atoms with Crippen molar-refractivity contribution in [2.75, 3.05) is 26.3 Å². The minimum atomic E-state index is -0.368. The van der Waals surface area contributed by atoms with Crippen molar-refractivity contribution in [2.45, 2.75) is 31.7 Å². The molecular formula is C20H24N2O4. The molecule has 138 valence electrons. The number of hydrogen-bond acceptors (Lipinski definition) is 4. The van der Waals surface area contributed by atoms with Gasteiger partial charge in [-0.2, -0.15) is 0 Å². The van der Waals surface area contributed by atoms with Crippen LogP contribution >= 0.6 is 0 Å². The van der Waals surface area contributed by atoms with Crippen molar-refractivity contribution in [1.29, 1.82) is 0 Å². The molecular weight excluding hydrogens is 332 g/mol. The van der Waals surface area contributed by atoms with Gasteiger partial charge in [0.2, 0.25) is 11.8 Å². The SMILES string of the molecule is CC(=O)N[C@]12CCOC[C@H]1CN(C(=O)C(C)c1cc3ccccc3o1)C2. The Morgan fingerprint density at radius 3 is 2.92 bits per heavy atom. The summed E-state index contributed by atoms with van der Waals surface area (Å²) in [7, 11) is 0. The molecule has 2 aromatic rings. The van der Waals surface area contributed by atoms with Crippen LogP contribution in [0.5, 0.6) is 0 Å². The molecule has 2 aliphatic rings. The van der Waals surface area contributed by atoms with E-state index in [0.29, 0.717) is 32.1 Å². The standard InChI is InChI=1S/C20H24N2O4/c1-13(18-9-15-5-3-4-6-17(15)26-18)19(24)22-10-16-11-25-8-7-20(16,12-22)21-14(2)23/h3-6,9,13,16H,7-8,10-12H2,1-2H3,(H,21,23)/t13?,16-,20+/m1/s1. The minimum Gasteiger partial charge on any atom is -0.460 e. The number of carbonyl (C=O) groups excluding carboxylic acids is 2. The smallest absolute Gasteiger partial charge is 0.233 e. The third-order valence-corrected chi connectivity index (χ3v) is 5.69. The number of rotatable bonds is 3. The molecule has 0 saturated carbocycles. The first-order chi connectivity index (χ1) is 12.5. The molecule has 3 atom stereocenters. The summed E-state index contributed by atoms with van der Waals surface area (Å²) in [4.78, 5) is 26.7.